The molecule has 1 aliphatic heterocycles. The molecule has 1 amide bonds. The molecule has 0 spiro atoms. The maximum Gasteiger partial charge on any atom is 0.241 e. The van der Waals surface area contributed by atoms with Crippen molar-refractivity contribution >= 4 is 11.6 Å². The van der Waals surface area contributed by atoms with Crippen LogP contribution in [0.5, 0.6) is 0 Å². The number of hydrogen-bond acceptors (Lipinski definition) is 3. The van der Waals surface area contributed by atoms with Crippen LogP contribution in [0.25, 0.3) is 0 Å². The molecule has 0 unspecified atom stereocenters. The van der Waals surface area contributed by atoms with Crippen LogP contribution < -0.4 is 10.2 Å². The van der Waals surface area contributed by atoms with Crippen molar-refractivity contribution in [2.24, 2.45) is 0 Å². The van der Waals surface area contributed by atoms with Crippen LogP contribution in [0.3, 0.4) is 0 Å². The van der Waals surface area contributed by atoms with Gasteiger partial charge in [0, 0.05) is 19.3 Å². The first-order valence-corrected chi connectivity index (χ1v) is 4.39. The van der Waals surface area contributed by atoms with Gasteiger partial charge in [-0.15, -0.1) is 0 Å². The smallest absolute Gasteiger partial charge is 0.241 e. The second kappa shape index (κ2) is 3.71. The minimum Gasteiger partial charge on any atom is -0.307 e. The van der Waals surface area contributed by atoms with E-state index in [0.717, 1.165) is 6.20 Å². The Morgan fingerprint density at radius 3 is 3.14 bits per heavy atom. The summed E-state index contributed by atoms with van der Waals surface area (Å²) >= 11 is 0. The molecule has 1 aromatic heterocycles. The molecule has 5 heteroatoms. The third-order valence-electron chi connectivity index (χ3n) is 2.13. The summed E-state index contributed by atoms with van der Waals surface area (Å²) in [6.07, 6.45) is 2.60. The molecular weight excluding hydrogens is 185 g/mol. The summed E-state index contributed by atoms with van der Waals surface area (Å²) in [7, 11) is 0. The first-order chi connectivity index (χ1) is 6.79. The molecule has 14 heavy (non-hydrogen) atoms. The molecule has 0 aliphatic carbocycles. The second-order valence-corrected chi connectivity index (χ2v) is 3.05. The largest absolute Gasteiger partial charge is 0.307 e. The third kappa shape index (κ3) is 1.58. The van der Waals surface area contributed by atoms with E-state index in [2.05, 4.69) is 10.3 Å². The zero-order valence-electron chi connectivity index (χ0n) is 7.53. The van der Waals surface area contributed by atoms with Gasteiger partial charge in [0.2, 0.25) is 5.91 Å². The molecule has 1 aromatic rings. The SMILES string of the molecule is O=C1CNCCN1c1ccncc1F. The van der Waals surface area contributed by atoms with Crippen molar-refractivity contribution < 1.29 is 9.18 Å². The van der Waals surface area contributed by atoms with Gasteiger partial charge in [0.1, 0.15) is 0 Å². The van der Waals surface area contributed by atoms with E-state index in [1.54, 1.807) is 0 Å². The molecule has 1 aliphatic rings. The normalized spacial score (nSPS) is 17.2. The Balaban J connectivity index is 2.29. The predicted molar refractivity (Wildman–Crippen MR) is 49.4 cm³/mol. The zero-order chi connectivity index (χ0) is 9.97. The number of halogens is 1. The number of amides is 1. The van der Waals surface area contributed by atoms with E-state index in [-0.39, 0.29) is 12.5 Å². The van der Waals surface area contributed by atoms with E-state index in [0.29, 0.717) is 18.8 Å². The summed E-state index contributed by atoms with van der Waals surface area (Å²) in [5.74, 6) is -0.566. The van der Waals surface area contributed by atoms with Crippen molar-refractivity contribution in [2.75, 3.05) is 24.5 Å². The minimum atomic E-state index is -0.456. The lowest BCUT2D eigenvalue weighted by molar-refractivity contribution is -0.118. The lowest BCUT2D eigenvalue weighted by Gasteiger charge is -2.27. The van der Waals surface area contributed by atoms with Gasteiger partial charge >= 0.3 is 0 Å². The van der Waals surface area contributed by atoms with Gasteiger partial charge in [-0.3, -0.25) is 9.78 Å². The number of pyridine rings is 1. The molecule has 0 aromatic carbocycles. The van der Waals surface area contributed by atoms with Crippen LogP contribution in [0.4, 0.5) is 10.1 Å². The number of carbonyl (C=O) groups excluding carboxylic acids is 1. The van der Waals surface area contributed by atoms with E-state index in [4.69, 9.17) is 0 Å². The summed E-state index contributed by atoms with van der Waals surface area (Å²) in [5.41, 5.74) is 0.312. The van der Waals surface area contributed by atoms with Crippen molar-refractivity contribution in [3.8, 4) is 0 Å². The first kappa shape index (κ1) is 9.08. The Morgan fingerprint density at radius 1 is 1.57 bits per heavy atom. The van der Waals surface area contributed by atoms with E-state index < -0.39 is 5.82 Å². The van der Waals surface area contributed by atoms with Crippen LogP contribution in [0.1, 0.15) is 0 Å². The molecular formula is C9H10FN3O. The average Bonchev–Trinajstić information content (AvgIpc) is 2.20. The summed E-state index contributed by atoms with van der Waals surface area (Å²) < 4.78 is 13.3. The van der Waals surface area contributed by atoms with Crippen LogP contribution in [0, 0.1) is 5.82 Å². The number of anilines is 1. The van der Waals surface area contributed by atoms with Gasteiger partial charge in [-0.25, -0.2) is 4.39 Å². The Kier molecular flexibility index (Phi) is 2.41. The predicted octanol–water partition coefficient (Wildman–Crippen LogP) is 0.157. The van der Waals surface area contributed by atoms with Gasteiger partial charge in [0.05, 0.1) is 18.4 Å². The van der Waals surface area contributed by atoms with E-state index in [1.165, 1.54) is 17.2 Å². The van der Waals surface area contributed by atoms with Gasteiger partial charge < -0.3 is 10.2 Å². The number of piperazine rings is 1. The minimum absolute atomic E-state index is 0.110. The summed E-state index contributed by atoms with van der Waals surface area (Å²) in [4.78, 5) is 16.5. The Morgan fingerprint density at radius 2 is 2.43 bits per heavy atom. The van der Waals surface area contributed by atoms with Crippen LogP contribution in [-0.2, 0) is 4.79 Å². The fraction of sp³-hybridized carbons (Fsp3) is 0.333. The fourth-order valence-electron chi connectivity index (χ4n) is 1.45. The molecule has 1 saturated heterocycles. The Labute approximate surface area is 80.7 Å². The lowest BCUT2D eigenvalue weighted by Crippen LogP contribution is -2.48. The molecule has 2 rings (SSSR count). The standard InChI is InChI=1S/C9H10FN3O/c10-7-5-11-2-1-8(7)13-4-3-12-6-9(13)14/h1-2,5,12H,3-4,6H2. The molecule has 2 heterocycles. The summed E-state index contributed by atoms with van der Waals surface area (Å²) in [5, 5.41) is 2.92. The number of carbonyl (C=O) groups is 1. The monoisotopic (exact) mass is 195 g/mol. The van der Waals surface area contributed by atoms with E-state index >= 15 is 0 Å². The molecule has 0 saturated carbocycles. The van der Waals surface area contributed by atoms with Crippen LogP contribution in [-0.4, -0.2) is 30.5 Å². The number of hydrogen-bond donors (Lipinski definition) is 1. The average molecular weight is 195 g/mol. The highest BCUT2D eigenvalue weighted by Crippen LogP contribution is 2.17. The van der Waals surface area contributed by atoms with Crippen molar-refractivity contribution in [2.45, 2.75) is 0 Å². The molecule has 74 valence electrons. The molecule has 0 atom stereocenters. The number of rotatable bonds is 1. The van der Waals surface area contributed by atoms with Gasteiger partial charge in [-0.2, -0.15) is 0 Å². The van der Waals surface area contributed by atoms with Crippen LogP contribution in [0.15, 0.2) is 18.5 Å². The maximum atomic E-state index is 13.3. The van der Waals surface area contributed by atoms with Crippen LogP contribution in [0.2, 0.25) is 0 Å². The highest BCUT2D eigenvalue weighted by molar-refractivity contribution is 5.95. The van der Waals surface area contributed by atoms with Gasteiger partial charge in [-0.05, 0) is 6.07 Å². The third-order valence-corrected chi connectivity index (χ3v) is 2.13. The second-order valence-electron chi connectivity index (χ2n) is 3.05. The van der Waals surface area contributed by atoms with Crippen molar-refractivity contribution in [3.05, 3.63) is 24.3 Å². The first-order valence-electron chi connectivity index (χ1n) is 4.39. The highest BCUT2D eigenvalue weighted by atomic mass is 19.1. The molecule has 0 radical (unpaired) electrons. The number of nitrogens with one attached hydrogen (secondary N) is 1. The Bertz CT molecular complexity index is 356. The number of nitrogens with zero attached hydrogens (tertiary/aromatic N) is 2. The van der Waals surface area contributed by atoms with Gasteiger partial charge in [0.15, 0.2) is 5.82 Å². The zero-order valence-corrected chi connectivity index (χ0v) is 7.53. The molecule has 1 N–H and O–H groups in total. The van der Waals surface area contributed by atoms with Crippen LogP contribution >= 0.6 is 0 Å². The Hall–Kier alpha value is -1.49. The molecule has 4 nitrogen and oxygen atoms in total. The fourth-order valence-corrected chi connectivity index (χ4v) is 1.45. The summed E-state index contributed by atoms with van der Waals surface area (Å²) in [6.45, 7) is 1.45. The van der Waals surface area contributed by atoms with Crippen molar-refractivity contribution in [1.29, 1.82) is 0 Å². The summed E-state index contributed by atoms with van der Waals surface area (Å²) in [6, 6.07) is 1.51. The molecule has 0 bridgehead atoms. The molecule has 1 fully saturated rings. The van der Waals surface area contributed by atoms with Crippen molar-refractivity contribution in [1.82, 2.24) is 10.3 Å². The van der Waals surface area contributed by atoms with Crippen molar-refractivity contribution in [3.63, 3.8) is 0 Å². The van der Waals surface area contributed by atoms with Gasteiger partial charge in [-0.1, -0.05) is 0 Å². The maximum absolute atomic E-state index is 13.3. The topological polar surface area (TPSA) is 45.2 Å². The quantitative estimate of drug-likeness (QED) is 0.694. The highest BCUT2D eigenvalue weighted by Gasteiger charge is 2.21. The van der Waals surface area contributed by atoms with E-state index in [9.17, 15) is 9.18 Å². The van der Waals surface area contributed by atoms with E-state index in [1.807, 2.05) is 0 Å². The number of aromatic nitrogens is 1. The van der Waals surface area contributed by atoms with Gasteiger partial charge in [0.25, 0.3) is 0 Å². The lowest BCUT2D eigenvalue weighted by atomic mass is 10.3.